The lowest BCUT2D eigenvalue weighted by atomic mass is 10.1. The Bertz CT molecular complexity index is 819. The number of aryl methyl sites for hydroxylation is 1. The third-order valence-electron chi connectivity index (χ3n) is 3.14. The van der Waals surface area contributed by atoms with Crippen molar-refractivity contribution >= 4 is 34.7 Å². The Hall–Kier alpha value is -2.24. The number of benzene rings is 1. The van der Waals surface area contributed by atoms with Crippen molar-refractivity contribution in [3.05, 3.63) is 69.4 Å². The lowest BCUT2D eigenvalue weighted by Gasteiger charge is -1.99. The zero-order valence-corrected chi connectivity index (χ0v) is 14.2. The molecule has 1 aromatic carbocycles. The zero-order chi connectivity index (χ0) is 16.1. The number of nitrogens with zero attached hydrogens (tertiary/aromatic N) is 1. The lowest BCUT2D eigenvalue weighted by molar-refractivity contribution is -0.139. The molecule has 0 saturated carbocycles. The van der Waals surface area contributed by atoms with Crippen molar-refractivity contribution in [3.63, 3.8) is 0 Å². The van der Waals surface area contributed by atoms with Gasteiger partial charge in [0, 0.05) is 22.4 Å². The minimum Gasteiger partial charge on any atom is -0.456 e. The second-order valence-electron chi connectivity index (χ2n) is 5.01. The van der Waals surface area contributed by atoms with E-state index in [2.05, 4.69) is 10.4 Å². The van der Waals surface area contributed by atoms with E-state index in [1.165, 1.54) is 6.08 Å². The molecule has 0 N–H and O–H groups in total. The van der Waals surface area contributed by atoms with E-state index < -0.39 is 0 Å². The van der Waals surface area contributed by atoms with Crippen molar-refractivity contribution in [2.24, 2.45) is 0 Å². The topological polar surface area (TPSA) is 39.2 Å². The SMILES string of the molecule is Cc1cccc(/C=C/C(=O)OCc2csc(-c3ccsc3)n2)c1. The smallest absolute Gasteiger partial charge is 0.331 e. The molecule has 0 unspecified atom stereocenters. The first-order valence-corrected chi connectivity index (χ1v) is 8.91. The molecule has 0 radical (unpaired) electrons. The van der Waals surface area contributed by atoms with Gasteiger partial charge in [-0.2, -0.15) is 11.3 Å². The van der Waals surface area contributed by atoms with Crippen molar-refractivity contribution in [1.29, 1.82) is 0 Å². The van der Waals surface area contributed by atoms with Gasteiger partial charge in [0.05, 0.1) is 5.69 Å². The summed E-state index contributed by atoms with van der Waals surface area (Å²) in [4.78, 5) is 16.3. The Kier molecular flexibility index (Phi) is 5.00. The fraction of sp³-hybridized carbons (Fsp3) is 0.111. The van der Waals surface area contributed by atoms with E-state index >= 15 is 0 Å². The van der Waals surface area contributed by atoms with Gasteiger partial charge in [-0.25, -0.2) is 9.78 Å². The van der Waals surface area contributed by atoms with Crippen LogP contribution in [0.3, 0.4) is 0 Å². The highest BCUT2D eigenvalue weighted by Crippen LogP contribution is 2.25. The Morgan fingerprint density at radius 3 is 3.00 bits per heavy atom. The number of ether oxygens (including phenoxy) is 1. The van der Waals surface area contributed by atoms with Gasteiger partial charge in [-0.15, -0.1) is 11.3 Å². The zero-order valence-electron chi connectivity index (χ0n) is 12.6. The minimum absolute atomic E-state index is 0.192. The van der Waals surface area contributed by atoms with Crippen LogP contribution in [0, 0.1) is 6.92 Å². The van der Waals surface area contributed by atoms with Gasteiger partial charge in [0.15, 0.2) is 0 Å². The molecule has 0 atom stereocenters. The quantitative estimate of drug-likeness (QED) is 0.487. The first kappa shape index (κ1) is 15.6. The molecule has 0 aliphatic heterocycles. The van der Waals surface area contributed by atoms with Crippen LogP contribution in [-0.4, -0.2) is 11.0 Å². The summed E-state index contributed by atoms with van der Waals surface area (Å²) in [5.74, 6) is -0.364. The monoisotopic (exact) mass is 341 g/mol. The van der Waals surface area contributed by atoms with E-state index in [1.807, 2.05) is 48.0 Å². The van der Waals surface area contributed by atoms with Gasteiger partial charge in [-0.3, -0.25) is 0 Å². The fourth-order valence-electron chi connectivity index (χ4n) is 2.02. The summed E-state index contributed by atoms with van der Waals surface area (Å²) in [5, 5.41) is 6.95. The molecule has 0 aliphatic carbocycles. The van der Waals surface area contributed by atoms with Crippen LogP contribution in [0.5, 0.6) is 0 Å². The van der Waals surface area contributed by atoms with Crippen molar-refractivity contribution in [3.8, 4) is 10.6 Å². The first-order valence-electron chi connectivity index (χ1n) is 7.09. The molecule has 5 heteroatoms. The van der Waals surface area contributed by atoms with E-state index in [0.717, 1.165) is 27.4 Å². The fourth-order valence-corrected chi connectivity index (χ4v) is 3.54. The summed E-state index contributed by atoms with van der Waals surface area (Å²) in [5.41, 5.74) is 4.02. The second-order valence-corrected chi connectivity index (χ2v) is 6.65. The predicted molar refractivity (Wildman–Crippen MR) is 95.4 cm³/mol. The lowest BCUT2D eigenvalue weighted by Crippen LogP contribution is -2.00. The predicted octanol–water partition coefficient (Wildman–Crippen LogP) is 4.94. The van der Waals surface area contributed by atoms with E-state index in [-0.39, 0.29) is 12.6 Å². The molecular formula is C18H15NO2S2. The van der Waals surface area contributed by atoms with Crippen LogP contribution in [0.15, 0.2) is 52.5 Å². The largest absolute Gasteiger partial charge is 0.456 e. The van der Waals surface area contributed by atoms with Gasteiger partial charge < -0.3 is 4.74 Å². The molecule has 3 nitrogen and oxygen atoms in total. The van der Waals surface area contributed by atoms with E-state index in [9.17, 15) is 4.79 Å². The Morgan fingerprint density at radius 1 is 1.30 bits per heavy atom. The maximum Gasteiger partial charge on any atom is 0.331 e. The summed E-state index contributed by atoms with van der Waals surface area (Å²) in [6.07, 6.45) is 3.20. The third-order valence-corrected chi connectivity index (χ3v) is 4.76. The van der Waals surface area contributed by atoms with Crippen LogP contribution in [0.2, 0.25) is 0 Å². The van der Waals surface area contributed by atoms with Crippen LogP contribution in [-0.2, 0) is 16.1 Å². The standard InChI is InChI=1S/C18H15NO2S2/c1-13-3-2-4-14(9-13)5-6-17(20)21-10-16-12-23-18(19-16)15-7-8-22-11-15/h2-9,11-12H,10H2,1H3/b6-5+. The number of rotatable bonds is 5. The number of esters is 1. The number of thiazole rings is 1. The summed E-state index contributed by atoms with van der Waals surface area (Å²) in [7, 11) is 0. The molecule has 116 valence electrons. The summed E-state index contributed by atoms with van der Waals surface area (Å²) in [6.45, 7) is 2.21. The van der Waals surface area contributed by atoms with Gasteiger partial charge in [-0.1, -0.05) is 29.8 Å². The van der Waals surface area contributed by atoms with E-state index in [4.69, 9.17) is 4.74 Å². The van der Waals surface area contributed by atoms with Crippen LogP contribution in [0.25, 0.3) is 16.6 Å². The van der Waals surface area contributed by atoms with Gasteiger partial charge in [0.2, 0.25) is 0 Å². The normalized spacial score (nSPS) is 11.0. The highest BCUT2D eigenvalue weighted by Gasteiger charge is 2.06. The summed E-state index contributed by atoms with van der Waals surface area (Å²) >= 11 is 3.20. The molecule has 0 bridgehead atoms. The molecule has 0 spiro atoms. The van der Waals surface area contributed by atoms with Crippen molar-refractivity contribution in [2.75, 3.05) is 0 Å². The average molecular weight is 341 g/mol. The van der Waals surface area contributed by atoms with Gasteiger partial charge in [0.25, 0.3) is 0 Å². The van der Waals surface area contributed by atoms with Crippen molar-refractivity contribution < 1.29 is 9.53 Å². The molecule has 0 amide bonds. The van der Waals surface area contributed by atoms with Crippen LogP contribution >= 0.6 is 22.7 Å². The summed E-state index contributed by atoms with van der Waals surface area (Å²) < 4.78 is 5.23. The summed E-state index contributed by atoms with van der Waals surface area (Å²) in [6, 6.07) is 9.97. The number of hydrogen-bond acceptors (Lipinski definition) is 5. The van der Waals surface area contributed by atoms with E-state index in [0.29, 0.717) is 0 Å². The average Bonchev–Trinajstić information content (AvgIpc) is 3.22. The maximum absolute atomic E-state index is 11.8. The molecule has 0 saturated heterocycles. The van der Waals surface area contributed by atoms with Gasteiger partial charge >= 0.3 is 5.97 Å². The Labute approximate surface area is 142 Å². The van der Waals surface area contributed by atoms with Crippen LogP contribution < -0.4 is 0 Å². The first-order chi connectivity index (χ1) is 11.2. The number of aromatic nitrogens is 1. The molecule has 0 fully saturated rings. The Balaban J connectivity index is 1.55. The van der Waals surface area contributed by atoms with Gasteiger partial charge in [0.1, 0.15) is 11.6 Å². The third kappa shape index (κ3) is 4.37. The highest BCUT2D eigenvalue weighted by molar-refractivity contribution is 7.14. The number of carbonyl (C=O) groups is 1. The molecule has 3 aromatic rings. The molecule has 0 aliphatic rings. The maximum atomic E-state index is 11.8. The van der Waals surface area contributed by atoms with Crippen molar-refractivity contribution in [1.82, 2.24) is 4.98 Å². The molecular weight excluding hydrogens is 326 g/mol. The van der Waals surface area contributed by atoms with Crippen molar-refractivity contribution in [2.45, 2.75) is 13.5 Å². The molecule has 2 aromatic heterocycles. The number of hydrogen-bond donors (Lipinski definition) is 0. The van der Waals surface area contributed by atoms with Crippen LogP contribution in [0.4, 0.5) is 0 Å². The molecule has 23 heavy (non-hydrogen) atoms. The minimum atomic E-state index is -0.364. The number of thiophene rings is 1. The highest BCUT2D eigenvalue weighted by atomic mass is 32.1. The van der Waals surface area contributed by atoms with Crippen LogP contribution in [0.1, 0.15) is 16.8 Å². The molecule has 2 heterocycles. The number of carbonyl (C=O) groups excluding carboxylic acids is 1. The Morgan fingerprint density at radius 2 is 2.22 bits per heavy atom. The van der Waals surface area contributed by atoms with Gasteiger partial charge in [-0.05, 0) is 30.0 Å². The van der Waals surface area contributed by atoms with E-state index in [1.54, 1.807) is 28.7 Å². The second kappa shape index (κ2) is 7.35. The molecule has 3 rings (SSSR count).